The summed E-state index contributed by atoms with van der Waals surface area (Å²) in [5.74, 6) is 0.943. The van der Waals surface area contributed by atoms with E-state index >= 15 is 0 Å². The van der Waals surface area contributed by atoms with Crippen LogP contribution in [0.4, 0.5) is 0 Å². The van der Waals surface area contributed by atoms with Crippen LogP contribution in [0.1, 0.15) is 30.1 Å². The number of rotatable bonds is 5. The Hall–Kier alpha value is -1.79. The van der Waals surface area contributed by atoms with Gasteiger partial charge in [-0.2, -0.15) is 0 Å². The highest BCUT2D eigenvalue weighted by molar-refractivity contribution is 6.00. The van der Waals surface area contributed by atoms with E-state index in [-0.39, 0.29) is 11.5 Å². The van der Waals surface area contributed by atoms with E-state index in [4.69, 9.17) is 18.9 Å². The molecule has 2 rings (SSSR count). The summed E-state index contributed by atoms with van der Waals surface area (Å²) in [6.45, 7) is 1.94. The summed E-state index contributed by atoms with van der Waals surface area (Å²) < 4.78 is 21.5. The van der Waals surface area contributed by atoms with Crippen molar-refractivity contribution < 1.29 is 28.8 Å². The van der Waals surface area contributed by atoms with Crippen molar-refractivity contribution in [2.45, 2.75) is 32.2 Å². The Labute approximate surface area is 123 Å². The van der Waals surface area contributed by atoms with Crippen LogP contribution in [0.25, 0.3) is 0 Å². The van der Waals surface area contributed by atoms with Crippen molar-refractivity contribution >= 4 is 5.78 Å². The molecule has 0 aliphatic carbocycles. The molecule has 116 valence electrons. The molecule has 0 spiro atoms. The Kier molecular flexibility index (Phi) is 5.03. The van der Waals surface area contributed by atoms with Crippen LogP contribution in [0.2, 0.25) is 0 Å². The van der Waals surface area contributed by atoms with Gasteiger partial charge in [-0.25, -0.2) is 0 Å². The second-order valence-corrected chi connectivity index (χ2v) is 4.83. The molecule has 6 heteroatoms. The Morgan fingerprint density at radius 3 is 2.57 bits per heavy atom. The number of ether oxygens (including phenoxy) is 4. The molecular formula is C15H20O6. The molecule has 1 fully saturated rings. The van der Waals surface area contributed by atoms with Gasteiger partial charge in [0.15, 0.2) is 5.78 Å². The highest BCUT2D eigenvalue weighted by Crippen LogP contribution is 2.35. The van der Waals surface area contributed by atoms with Gasteiger partial charge in [-0.3, -0.25) is 4.79 Å². The summed E-state index contributed by atoms with van der Waals surface area (Å²) in [6.07, 6.45) is -0.146. The van der Waals surface area contributed by atoms with Crippen LogP contribution in [0.5, 0.6) is 17.2 Å². The smallest absolute Gasteiger partial charge is 0.226 e. The van der Waals surface area contributed by atoms with E-state index < -0.39 is 12.4 Å². The standard InChI is InChI=1S/C15H20O6/c1-9(16)14-12(19-3)7-10(18-2)8-13(14)21-15-11(17)5-4-6-20-15/h7-8,11,15,17H,4-6H2,1-3H3. The highest BCUT2D eigenvalue weighted by Gasteiger charge is 2.28. The Bertz CT molecular complexity index is 513. The minimum absolute atomic E-state index is 0.199. The van der Waals surface area contributed by atoms with Gasteiger partial charge in [0.25, 0.3) is 0 Å². The predicted octanol–water partition coefficient (Wildman–Crippen LogP) is 1.78. The van der Waals surface area contributed by atoms with Gasteiger partial charge in [0, 0.05) is 12.1 Å². The lowest BCUT2D eigenvalue weighted by atomic mass is 10.1. The normalized spacial score (nSPS) is 21.7. The largest absolute Gasteiger partial charge is 0.496 e. The molecule has 2 unspecified atom stereocenters. The van der Waals surface area contributed by atoms with E-state index in [9.17, 15) is 9.90 Å². The zero-order valence-corrected chi connectivity index (χ0v) is 12.4. The summed E-state index contributed by atoms with van der Waals surface area (Å²) in [5, 5.41) is 9.92. The molecule has 1 saturated heterocycles. The van der Waals surface area contributed by atoms with Crippen molar-refractivity contribution in [3.05, 3.63) is 17.7 Å². The molecule has 0 aromatic heterocycles. The Morgan fingerprint density at radius 2 is 2.00 bits per heavy atom. The van der Waals surface area contributed by atoms with E-state index in [0.29, 0.717) is 30.1 Å². The van der Waals surface area contributed by atoms with Crippen molar-refractivity contribution in [1.29, 1.82) is 0 Å². The molecule has 0 radical (unpaired) electrons. The third-order valence-corrected chi connectivity index (χ3v) is 3.33. The van der Waals surface area contributed by atoms with Crippen LogP contribution in [-0.2, 0) is 4.74 Å². The van der Waals surface area contributed by atoms with Crippen molar-refractivity contribution in [1.82, 2.24) is 0 Å². The van der Waals surface area contributed by atoms with E-state index in [1.54, 1.807) is 12.1 Å². The summed E-state index contributed by atoms with van der Waals surface area (Å²) in [6, 6.07) is 3.20. The fourth-order valence-electron chi connectivity index (χ4n) is 2.26. The number of hydrogen-bond donors (Lipinski definition) is 1. The molecule has 21 heavy (non-hydrogen) atoms. The average Bonchev–Trinajstić information content (AvgIpc) is 2.48. The number of methoxy groups -OCH3 is 2. The first-order valence-corrected chi connectivity index (χ1v) is 6.80. The van der Waals surface area contributed by atoms with Gasteiger partial charge in [-0.1, -0.05) is 0 Å². The molecular weight excluding hydrogens is 276 g/mol. The second kappa shape index (κ2) is 6.78. The lowest BCUT2D eigenvalue weighted by Crippen LogP contribution is -2.38. The molecule has 1 heterocycles. The number of aliphatic hydroxyl groups excluding tert-OH is 1. The summed E-state index contributed by atoms with van der Waals surface area (Å²) in [5.41, 5.74) is 0.305. The van der Waals surface area contributed by atoms with Crippen LogP contribution in [0.15, 0.2) is 12.1 Å². The van der Waals surface area contributed by atoms with Crippen LogP contribution >= 0.6 is 0 Å². The number of hydrogen-bond acceptors (Lipinski definition) is 6. The van der Waals surface area contributed by atoms with Crippen molar-refractivity contribution in [3.63, 3.8) is 0 Å². The molecule has 0 saturated carbocycles. The average molecular weight is 296 g/mol. The maximum atomic E-state index is 11.9. The number of carbonyl (C=O) groups is 1. The molecule has 1 aromatic rings. The van der Waals surface area contributed by atoms with Crippen LogP contribution < -0.4 is 14.2 Å². The Morgan fingerprint density at radius 1 is 1.29 bits per heavy atom. The van der Waals surface area contributed by atoms with Gasteiger partial charge in [0.1, 0.15) is 28.9 Å². The minimum atomic E-state index is -0.798. The third kappa shape index (κ3) is 3.46. The molecule has 0 amide bonds. The number of benzene rings is 1. The summed E-state index contributed by atoms with van der Waals surface area (Å²) in [7, 11) is 2.98. The molecule has 2 atom stereocenters. The second-order valence-electron chi connectivity index (χ2n) is 4.83. The van der Waals surface area contributed by atoms with Crippen LogP contribution in [0.3, 0.4) is 0 Å². The molecule has 1 aliphatic heterocycles. The topological polar surface area (TPSA) is 74.2 Å². The van der Waals surface area contributed by atoms with Gasteiger partial charge < -0.3 is 24.1 Å². The number of aliphatic hydroxyl groups is 1. The molecule has 1 aliphatic rings. The molecule has 1 aromatic carbocycles. The first kappa shape index (κ1) is 15.6. The Balaban J connectivity index is 2.37. The molecule has 1 N–H and O–H groups in total. The van der Waals surface area contributed by atoms with Gasteiger partial charge >= 0.3 is 0 Å². The lowest BCUT2D eigenvalue weighted by molar-refractivity contribution is -0.170. The van der Waals surface area contributed by atoms with Crippen molar-refractivity contribution in [2.75, 3.05) is 20.8 Å². The number of carbonyl (C=O) groups excluding carboxylic acids is 1. The van der Waals surface area contributed by atoms with Crippen LogP contribution in [-0.4, -0.2) is 44.1 Å². The fourth-order valence-corrected chi connectivity index (χ4v) is 2.26. The van der Waals surface area contributed by atoms with Crippen molar-refractivity contribution in [3.8, 4) is 17.2 Å². The van der Waals surface area contributed by atoms with E-state index in [1.165, 1.54) is 21.1 Å². The molecule has 0 bridgehead atoms. The quantitative estimate of drug-likeness (QED) is 0.835. The minimum Gasteiger partial charge on any atom is -0.496 e. The maximum absolute atomic E-state index is 11.9. The first-order valence-electron chi connectivity index (χ1n) is 6.80. The predicted molar refractivity (Wildman–Crippen MR) is 75.2 cm³/mol. The monoisotopic (exact) mass is 296 g/mol. The SMILES string of the molecule is COc1cc(OC)c(C(C)=O)c(OC2OCCCC2O)c1. The van der Waals surface area contributed by atoms with Gasteiger partial charge in [-0.05, 0) is 19.8 Å². The molecule has 6 nitrogen and oxygen atoms in total. The van der Waals surface area contributed by atoms with E-state index in [1.807, 2.05) is 0 Å². The third-order valence-electron chi connectivity index (χ3n) is 3.33. The zero-order valence-electron chi connectivity index (χ0n) is 12.4. The van der Waals surface area contributed by atoms with Crippen LogP contribution in [0, 0.1) is 0 Å². The summed E-state index contributed by atoms with van der Waals surface area (Å²) >= 11 is 0. The van der Waals surface area contributed by atoms with Gasteiger partial charge in [-0.15, -0.1) is 0 Å². The van der Waals surface area contributed by atoms with E-state index in [0.717, 1.165) is 6.42 Å². The fraction of sp³-hybridized carbons (Fsp3) is 0.533. The lowest BCUT2D eigenvalue weighted by Gasteiger charge is -2.29. The highest BCUT2D eigenvalue weighted by atomic mass is 16.7. The number of Topliss-reactive ketones (excluding diaryl/α,β-unsaturated/α-hetero) is 1. The van der Waals surface area contributed by atoms with Gasteiger partial charge in [0.05, 0.1) is 20.8 Å². The zero-order chi connectivity index (χ0) is 15.4. The first-order chi connectivity index (χ1) is 10.1. The van der Waals surface area contributed by atoms with E-state index in [2.05, 4.69) is 0 Å². The van der Waals surface area contributed by atoms with Gasteiger partial charge in [0.2, 0.25) is 6.29 Å². The maximum Gasteiger partial charge on any atom is 0.226 e. The number of ketones is 1. The van der Waals surface area contributed by atoms with Crippen molar-refractivity contribution in [2.24, 2.45) is 0 Å². The summed E-state index contributed by atoms with van der Waals surface area (Å²) in [4.78, 5) is 11.9.